The van der Waals surface area contributed by atoms with E-state index in [9.17, 15) is 13.6 Å². The molecule has 0 aromatic carbocycles. The highest BCUT2D eigenvalue weighted by Gasteiger charge is 2.27. The molecule has 182 valence electrons. The lowest BCUT2D eigenvalue weighted by atomic mass is 9.93. The number of hydrogen-bond acceptors (Lipinski definition) is 7. The lowest BCUT2D eigenvalue weighted by Crippen LogP contribution is -2.24. The summed E-state index contributed by atoms with van der Waals surface area (Å²) in [6, 6.07) is 0.810. The second kappa shape index (κ2) is 10.0. The van der Waals surface area contributed by atoms with Crippen molar-refractivity contribution in [1.82, 2.24) is 29.9 Å². The number of aromatic amines is 1. The molecule has 0 atom stereocenters. The van der Waals surface area contributed by atoms with Crippen molar-refractivity contribution in [3.63, 3.8) is 0 Å². The van der Waals surface area contributed by atoms with Gasteiger partial charge in [0, 0.05) is 36.0 Å². The van der Waals surface area contributed by atoms with Crippen LogP contribution in [0.4, 0.5) is 14.5 Å². The number of ether oxygens (including phenoxy) is 1. The van der Waals surface area contributed by atoms with Crippen molar-refractivity contribution in [2.24, 2.45) is 0 Å². The van der Waals surface area contributed by atoms with Gasteiger partial charge in [0.25, 0.3) is 5.91 Å². The van der Waals surface area contributed by atoms with E-state index in [0.717, 1.165) is 43.5 Å². The minimum atomic E-state index is -0.860. The summed E-state index contributed by atoms with van der Waals surface area (Å²) in [7, 11) is 0. The minimum absolute atomic E-state index is 0.0617. The Labute approximate surface area is 203 Å². The van der Waals surface area contributed by atoms with Crippen LogP contribution in [-0.4, -0.2) is 48.6 Å². The smallest absolute Gasteiger partial charge is 0.275 e. The number of aromatic nitrogens is 6. The molecule has 9 nitrogen and oxygen atoms in total. The molecule has 35 heavy (non-hydrogen) atoms. The first-order valence-electron chi connectivity index (χ1n) is 11.3. The Hall–Kier alpha value is -3.51. The molecule has 5 rings (SSSR count). The first kappa shape index (κ1) is 23.2. The zero-order valence-electron chi connectivity index (χ0n) is 18.9. The van der Waals surface area contributed by atoms with Gasteiger partial charge in [0.2, 0.25) is 0 Å². The molecule has 1 fully saturated rings. The lowest BCUT2D eigenvalue weighted by Gasteiger charge is -2.28. The fourth-order valence-corrected chi connectivity index (χ4v) is 4.99. The third-order valence-corrected chi connectivity index (χ3v) is 6.81. The van der Waals surface area contributed by atoms with Crippen molar-refractivity contribution < 1.29 is 18.3 Å². The third-order valence-electron chi connectivity index (χ3n) is 5.91. The molecule has 1 saturated carbocycles. The van der Waals surface area contributed by atoms with Crippen molar-refractivity contribution in [3.05, 3.63) is 53.6 Å². The monoisotopic (exact) mass is 499 g/mol. The molecule has 4 aromatic heterocycles. The van der Waals surface area contributed by atoms with E-state index in [0.29, 0.717) is 11.6 Å². The van der Waals surface area contributed by atoms with Crippen LogP contribution < -0.4 is 5.32 Å². The SMILES string of the molecule is CCOC1CCC(n2cc(NC(=O)c3csc(-c4cn[nH]c4)n3)c(-c3ncc(F)cc3F)n2)CC1. The van der Waals surface area contributed by atoms with Crippen LogP contribution in [0.3, 0.4) is 0 Å². The number of H-pyrrole nitrogens is 1. The van der Waals surface area contributed by atoms with Gasteiger partial charge >= 0.3 is 0 Å². The molecule has 1 aliphatic rings. The summed E-state index contributed by atoms with van der Waals surface area (Å²) in [5.41, 5.74) is 1.24. The number of rotatable bonds is 7. The summed E-state index contributed by atoms with van der Waals surface area (Å²) >= 11 is 1.30. The van der Waals surface area contributed by atoms with Crippen LogP contribution in [0.1, 0.15) is 49.1 Å². The van der Waals surface area contributed by atoms with Gasteiger partial charge in [0.1, 0.15) is 27.9 Å². The number of anilines is 1. The predicted octanol–water partition coefficient (Wildman–Crippen LogP) is 4.84. The summed E-state index contributed by atoms with van der Waals surface area (Å²) in [4.78, 5) is 21.3. The maximum Gasteiger partial charge on any atom is 0.275 e. The van der Waals surface area contributed by atoms with Crippen LogP contribution in [0.15, 0.2) is 36.2 Å². The molecule has 12 heteroatoms. The normalized spacial score (nSPS) is 18.0. The molecule has 0 radical (unpaired) electrons. The molecule has 1 amide bonds. The molecular formula is C23H23F2N7O2S. The van der Waals surface area contributed by atoms with Gasteiger partial charge < -0.3 is 10.1 Å². The van der Waals surface area contributed by atoms with E-state index in [-0.39, 0.29) is 34.9 Å². The number of amides is 1. The average molecular weight is 500 g/mol. The first-order chi connectivity index (χ1) is 17.0. The first-order valence-corrected chi connectivity index (χ1v) is 12.2. The van der Waals surface area contributed by atoms with Crippen LogP contribution in [0.25, 0.3) is 22.0 Å². The number of hydrogen-bond donors (Lipinski definition) is 2. The summed E-state index contributed by atoms with van der Waals surface area (Å²) in [5, 5.41) is 16.2. The highest BCUT2D eigenvalue weighted by Crippen LogP contribution is 2.34. The molecule has 0 spiro atoms. The Morgan fingerprint density at radius 1 is 1.26 bits per heavy atom. The van der Waals surface area contributed by atoms with Gasteiger partial charge in [-0.2, -0.15) is 10.2 Å². The number of halogens is 2. The topological polar surface area (TPSA) is 111 Å². The van der Waals surface area contributed by atoms with Crippen LogP contribution in [0.5, 0.6) is 0 Å². The molecule has 0 unspecified atom stereocenters. The number of pyridine rings is 1. The van der Waals surface area contributed by atoms with Crippen molar-refractivity contribution in [3.8, 4) is 22.0 Å². The molecule has 4 aromatic rings. The largest absolute Gasteiger partial charge is 0.379 e. The molecule has 2 N–H and O–H groups in total. The van der Waals surface area contributed by atoms with Gasteiger partial charge in [0.05, 0.1) is 30.2 Å². The minimum Gasteiger partial charge on any atom is -0.379 e. The van der Waals surface area contributed by atoms with E-state index in [1.807, 2.05) is 6.92 Å². The van der Waals surface area contributed by atoms with Gasteiger partial charge in [-0.3, -0.25) is 14.6 Å². The zero-order valence-corrected chi connectivity index (χ0v) is 19.7. The maximum atomic E-state index is 14.6. The number of nitrogens with zero attached hydrogens (tertiary/aromatic N) is 5. The van der Waals surface area contributed by atoms with Crippen molar-refractivity contribution in [2.75, 3.05) is 11.9 Å². The molecule has 0 bridgehead atoms. The van der Waals surface area contributed by atoms with Crippen molar-refractivity contribution in [2.45, 2.75) is 44.8 Å². The Balaban J connectivity index is 1.43. The number of carbonyl (C=O) groups excluding carboxylic acids is 1. The standard InChI is InChI=1S/C23H23F2N7O2S/c1-2-34-16-5-3-15(4-6-16)32-11-18(21(31-32)20-17(25)7-14(24)10-26-20)29-22(33)19-12-35-23(30-19)13-8-27-28-9-13/h7-12,15-16H,2-6H2,1H3,(H,27,28)(H,29,33). The third kappa shape index (κ3) is 4.98. The van der Waals surface area contributed by atoms with Gasteiger partial charge in [-0.05, 0) is 32.6 Å². The zero-order chi connectivity index (χ0) is 24.4. The second-order valence-corrected chi connectivity index (χ2v) is 9.08. The van der Waals surface area contributed by atoms with E-state index >= 15 is 0 Å². The summed E-state index contributed by atoms with van der Waals surface area (Å²) in [5.74, 6) is -2.12. The quantitative estimate of drug-likeness (QED) is 0.376. The molecule has 0 saturated heterocycles. The van der Waals surface area contributed by atoms with E-state index in [1.165, 1.54) is 11.3 Å². The number of carbonyl (C=O) groups is 1. The maximum absolute atomic E-state index is 14.6. The molecular weight excluding hydrogens is 476 g/mol. The van der Waals surface area contributed by atoms with Gasteiger partial charge in [-0.25, -0.2) is 18.7 Å². The fraction of sp³-hybridized carbons (Fsp3) is 0.348. The Morgan fingerprint density at radius 3 is 2.80 bits per heavy atom. The average Bonchev–Trinajstić information content (AvgIpc) is 3.61. The van der Waals surface area contributed by atoms with Crippen molar-refractivity contribution in [1.29, 1.82) is 0 Å². The highest BCUT2D eigenvalue weighted by atomic mass is 32.1. The highest BCUT2D eigenvalue weighted by molar-refractivity contribution is 7.13. The Bertz CT molecular complexity index is 1310. The summed E-state index contributed by atoms with van der Waals surface area (Å²) < 4.78 is 35.6. The Morgan fingerprint density at radius 2 is 2.09 bits per heavy atom. The predicted molar refractivity (Wildman–Crippen MR) is 126 cm³/mol. The fourth-order valence-electron chi connectivity index (χ4n) is 4.21. The van der Waals surface area contributed by atoms with E-state index in [4.69, 9.17) is 4.74 Å². The van der Waals surface area contributed by atoms with Gasteiger partial charge in [-0.1, -0.05) is 0 Å². The van der Waals surface area contributed by atoms with Crippen LogP contribution in [0, 0.1) is 11.6 Å². The molecule has 0 aliphatic heterocycles. The van der Waals surface area contributed by atoms with Crippen LogP contribution in [-0.2, 0) is 4.74 Å². The Kier molecular flexibility index (Phi) is 6.64. The number of nitrogens with one attached hydrogen (secondary N) is 2. The molecule has 4 heterocycles. The van der Waals surface area contributed by atoms with Crippen LogP contribution in [0.2, 0.25) is 0 Å². The lowest BCUT2D eigenvalue weighted by molar-refractivity contribution is 0.0260. The van der Waals surface area contributed by atoms with Gasteiger partial charge in [-0.15, -0.1) is 11.3 Å². The second-order valence-electron chi connectivity index (χ2n) is 8.22. The summed E-state index contributed by atoms with van der Waals surface area (Å²) in [6.07, 6.45) is 9.55. The summed E-state index contributed by atoms with van der Waals surface area (Å²) in [6.45, 7) is 2.65. The van der Waals surface area contributed by atoms with E-state index in [1.54, 1.807) is 28.7 Å². The van der Waals surface area contributed by atoms with Crippen LogP contribution >= 0.6 is 11.3 Å². The van der Waals surface area contributed by atoms with Crippen molar-refractivity contribution >= 4 is 22.9 Å². The molecule has 1 aliphatic carbocycles. The van der Waals surface area contributed by atoms with E-state index in [2.05, 4.69) is 30.6 Å². The number of thiazole rings is 1. The van der Waals surface area contributed by atoms with E-state index < -0.39 is 17.5 Å². The van der Waals surface area contributed by atoms with Gasteiger partial charge in [0.15, 0.2) is 5.82 Å².